The van der Waals surface area contributed by atoms with Crippen molar-refractivity contribution in [1.82, 2.24) is 9.97 Å². The first-order valence-electron chi connectivity index (χ1n) is 5.91. The maximum Gasteiger partial charge on any atom is 0.316 e. The lowest BCUT2D eigenvalue weighted by atomic mass is 10.3. The third-order valence-corrected chi connectivity index (χ3v) is 3.02. The van der Waals surface area contributed by atoms with Gasteiger partial charge >= 0.3 is 6.01 Å². The zero-order chi connectivity index (χ0) is 15.2. The van der Waals surface area contributed by atoms with Gasteiger partial charge in [-0.2, -0.15) is 0 Å². The zero-order valence-corrected chi connectivity index (χ0v) is 12.5. The minimum atomic E-state index is -0.367. The van der Waals surface area contributed by atoms with Gasteiger partial charge in [-0.1, -0.05) is 0 Å². The quantitative estimate of drug-likeness (QED) is 0.630. The molecular formula is C13H13BrFN5O. The summed E-state index contributed by atoms with van der Waals surface area (Å²) in [6.07, 6.45) is 4.60. The summed E-state index contributed by atoms with van der Waals surface area (Å²) in [5.41, 5.74) is 6.74. The van der Waals surface area contributed by atoms with E-state index in [1.165, 1.54) is 23.3 Å². The number of anilines is 1. The number of rotatable bonds is 5. The van der Waals surface area contributed by atoms with E-state index in [1.54, 1.807) is 24.5 Å². The number of hydrogen-bond acceptors (Lipinski definition) is 6. The molecule has 0 unspecified atom stereocenters. The SMILES string of the molecule is N/C(=C\N(N)c1ccc(F)c(Br)c1)COc1ncccn1. The Balaban J connectivity index is 1.99. The largest absolute Gasteiger partial charge is 0.457 e. The molecule has 0 radical (unpaired) electrons. The molecule has 0 aliphatic heterocycles. The van der Waals surface area contributed by atoms with Gasteiger partial charge in [0.1, 0.15) is 12.4 Å². The lowest BCUT2D eigenvalue weighted by Gasteiger charge is -2.15. The molecule has 1 aromatic heterocycles. The normalized spacial score (nSPS) is 11.3. The number of halogens is 2. The predicted molar refractivity (Wildman–Crippen MR) is 80.6 cm³/mol. The molecule has 21 heavy (non-hydrogen) atoms. The molecule has 0 saturated carbocycles. The Labute approximate surface area is 129 Å². The highest BCUT2D eigenvalue weighted by Crippen LogP contribution is 2.21. The van der Waals surface area contributed by atoms with Gasteiger partial charge in [-0.05, 0) is 40.2 Å². The van der Waals surface area contributed by atoms with E-state index in [0.29, 0.717) is 15.9 Å². The fourth-order valence-corrected chi connectivity index (χ4v) is 1.81. The van der Waals surface area contributed by atoms with Crippen LogP contribution in [0.5, 0.6) is 6.01 Å². The van der Waals surface area contributed by atoms with Gasteiger partial charge in [0.2, 0.25) is 0 Å². The van der Waals surface area contributed by atoms with Crippen molar-refractivity contribution < 1.29 is 9.13 Å². The molecule has 0 spiro atoms. The second-order valence-corrected chi connectivity index (χ2v) is 4.88. The average Bonchev–Trinajstić information content (AvgIpc) is 2.49. The molecule has 8 heteroatoms. The summed E-state index contributed by atoms with van der Waals surface area (Å²) >= 11 is 3.09. The van der Waals surface area contributed by atoms with Gasteiger partial charge in [-0.15, -0.1) is 0 Å². The Morgan fingerprint density at radius 2 is 2.10 bits per heavy atom. The van der Waals surface area contributed by atoms with Gasteiger partial charge in [0.15, 0.2) is 0 Å². The van der Waals surface area contributed by atoms with Crippen molar-refractivity contribution in [3.63, 3.8) is 0 Å². The van der Waals surface area contributed by atoms with Crippen LogP contribution < -0.4 is 21.3 Å². The van der Waals surface area contributed by atoms with Crippen LogP contribution in [0.1, 0.15) is 0 Å². The Kier molecular flexibility index (Phi) is 5.07. The van der Waals surface area contributed by atoms with Crippen LogP contribution in [0.25, 0.3) is 0 Å². The van der Waals surface area contributed by atoms with Gasteiger partial charge in [0, 0.05) is 18.6 Å². The second kappa shape index (κ2) is 7.00. The predicted octanol–water partition coefficient (Wildman–Crippen LogP) is 1.94. The molecule has 0 atom stereocenters. The summed E-state index contributed by atoms with van der Waals surface area (Å²) in [5.74, 6) is 5.46. The van der Waals surface area contributed by atoms with Gasteiger partial charge in [0.25, 0.3) is 0 Å². The molecule has 0 bridgehead atoms. The van der Waals surface area contributed by atoms with Crippen molar-refractivity contribution in [3.8, 4) is 6.01 Å². The summed E-state index contributed by atoms with van der Waals surface area (Å²) in [6.45, 7) is 0.0834. The van der Waals surface area contributed by atoms with Crippen molar-refractivity contribution in [2.75, 3.05) is 11.6 Å². The number of benzene rings is 1. The number of hydrogen-bond donors (Lipinski definition) is 2. The summed E-state index contributed by atoms with van der Waals surface area (Å²) in [5, 5.41) is 1.27. The Morgan fingerprint density at radius 1 is 1.38 bits per heavy atom. The first-order chi connectivity index (χ1) is 10.1. The standard InChI is InChI=1S/C13H13BrFN5O/c14-11-6-10(2-3-12(11)15)20(17)7-9(16)8-21-13-18-4-1-5-19-13/h1-7H,8,16-17H2/b9-7-. The van der Waals surface area contributed by atoms with Crippen LogP contribution in [-0.4, -0.2) is 16.6 Å². The van der Waals surface area contributed by atoms with E-state index in [0.717, 1.165) is 0 Å². The number of nitrogens with zero attached hydrogens (tertiary/aromatic N) is 3. The maximum atomic E-state index is 13.2. The molecule has 0 fully saturated rings. The first-order valence-corrected chi connectivity index (χ1v) is 6.70. The van der Waals surface area contributed by atoms with E-state index in [9.17, 15) is 4.39 Å². The Hall–Kier alpha value is -2.19. The summed E-state index contributed by atoms with van der Waals surface area (Å²) < 4.78 is 18.7. The van der Waals surface area contributed by atoms with E-state index in [-0.39, 0.29) is 18.4 Å². The highest BCUT2D eigenvalue weighted by atomic mass is 79.9. The molecule has 0 aliphatic carbocycles. The van der Waals surface area contributed by atoms with Crippen molar-refractivity contribution in [1.29, 1.82) is 0 Å². The molecule has 110 valence electrons. The van der Waals surface area contributed by atoms with E-state index in [4.69, 9.17) is 16.3 Å². The average molecular weight is 354 g/mol. The molecule has 0 saturated heterocycles. The van der Waals surface area contributed by atoms with Crippen molar-refractivity contribution >= 4 is 21.6 Å². The molecule has 0 aliphatic rings. The fraction of sp³-hybridized carbons (Fsp3) is 0.0769. The van der Waals surface area contributed by atoms with Crippen molar-refractivity contribution in [2.45, 2.75) is 0 Å². The van der Waals surface area contributed by atoms with E-state index >= 15 is 0 Å². The van der Waals surface area contributed by atoms with E-state index in [1.807, 2.05) is 0 Å². The maximum absolute atomic E-state index is 13.2. The van der Waals surface area contributed by atoms with Gasteiger partial charge in [-0.25, -0.2) is 20.2 Å². The smallest absolute Gasteiger partial charge is 0.316 e. The first kappa shape index (κ1) is 15.2. The number of ether oxygens (including phenoxy) is 1. The van der Waals surface area contributed by atoms with Crippen LogP contribution in [0.2, 0.25) is 0 Å². The summed E-state index contributed by atoms with van der Waals surface area (Å²) in [4.78, 5) is 7.80. The Morgan fingerprint density at radius 3 is 2.76 bits per heavy atom. The lowest BCUT2D eigenvalue weighted by Crippen LogP contribution is -2.27. The Bertz CT molecular complexity index is 638. The van der Waals surface area contributed by atoms with Crippen LogP contribution >= 0.6 is 15.9 Å². The highest BCUT2D eigenvalue weighted by molar-refractivity contribution is 9.10. The number of nitrogens with two attached hydrogens (primary N) is 2. The minimum Gasteiger partial charge on any atom is -0.457 e. The molecule has 4 N–H and O–H groups in total. The van der Waals surface area contributed by atoms with Gasteiger partial charge < -0.3 is 10.5 Å². The number of hydrazine groups is 1. The second-order valence-electron chi connectivity index (χ2n) is 4.03. The topological polar surface area (TPSA) is 90.3 Å². The monoisotopic (exact) mass is 353 g/mol. The highest BCUT2D eigenvalue weighted by Gasteiger charge is 2.05. The molecular weight excluding hydrogens is 341 g/mol. The lowest BCUT2D eigenvalue weighted by molar-refractivity contribution is 0.321. The third-order valence-electron chi connectivity index (χ3n) is 2.42. The van der Waals surface area contributed by atoms with Gasteiger partial charge in [0.05, 0.1) is 15.9 Å². The molecule has 0 amide bonds. The molecule has 1 heterocycles. The van der Waals surface area contributed by atoms with E-state index < -0.39 is 0 Å². The number of aromatic nitrogens is 2. The molecule has 6 nitrogen and oxygen atoms in total. The molecule has 2 rings (SSSR count). The van der Waals surface area contributed by atoms with Crippen LogP contribution in [-0.2, 0) is 0 Å². The summed E-state index contributed by atoms with van der Waals surface area (Å²) in [6, 6.07) is 6.28. The minimum absolute atomic E-state index is 0.0834. The molecule has 1 aromatic carbocycles. The van der Waals surface area contributed by atoms with Crippen molar-refractivity contribution in [2.24, 2.45) is 11.6 Å². The fourth-order valence-electron chi connectivity index (χ4n) is 1.44. The van der Waals surface area contributed by atoms with Crippen LogP contribution in [0, 0.1) is 5.82 Å². The third kappa shape index (κ3) is 4.40. The zero-order valence-electron chi connectivity index (χ0n) is 10.9. The van der Waals surface area contributed by atoms with Crippen LogP contribution in [0.4, 0.5) is 10.1 Å². The van der Waals surface area contributed by atoms with Crippen LogP contribution in [0.15, 0.2) is 53.0 Å². The van der Waals surface area contributed by atoms with Crippen LogP contribution in [0.3, 0.4) is 0 Å². The summed E-state index contributed by atoms with van der Waals surface area (Å²) in [7, 11) is 0. The molecule has 2 aromatic rings. The van der Waals surface area contributed by atoms with Crippen molar-refractivity contribution in [3.05, 3.63) is 58.8 Å². The van der Waals surface area contributed by atoms with E-state index in [2.05, 4.69) is 25.9 Å². The van der Waals surface area contributed by atoms with Gasteiger partial charge in [-0.3, -0.25) is 5.01 Å².